The van der Waals surface area contributed by atoms with Crippen LogP contribution in [-0.4, -0.2) is 71.1 Å². The summed E-state index contributed by atoms with van der Waals surface area (Å²) < 4.78 is 0. The SMILES string of the molecule is O=C(O)C=CC(=O)ONCCCCC1NC(=O)C(CCCCNOC(=O)C=CC(=O)O)NC1=O. The van der Waals surface area contributed by atoms with Gasteiger partial charge >= 0.3 is 23.9 Å². The number of hydroxylamine groups is 2. The standard InChI is InChI=1S/C20H28N4O10/c25-15(26)7-9-17(29)33-21-11-3-1-5-13-19(31)24-14(20(32)23-13)6-2-4-12-22-34-18(30)10-8-16(27)28/h7-10,13-14,21-22H,1-6,11-12H2,(H,23,32)(H,24,31)(H,25,26)(H,27,28). The summed E-state index contributed by atoms with van der Waals surface area (Å²) >= 11 is 0. The molecule has 0 bridgehead atoms. The van der Waals surface area contributed by atoms with Gasteiger partial charge in [-0.3, -0.25) is 9.59 Å². The second-order valence-electron chi connectivity index (χ2n) is 7.09. The number of rotatable bonds is 16. The van der Waals surface area contributed by atoms with Crippen molar-refractivity contribution in [1.29, 1.82) is 0 Å². The van der Waals surface area contributed by atoms with Crippen molar-refractivity contribution in [2.24, 2.45) is 0 Å². The highest BCUT2D eigenvalue weighted by Crippen LogP contribution is 2.10. The van der Waals surface area contributed by atoms with E-state index in [4.69, 9.17) is 10.2 Å². The van der Waals surface area contributed by atoms with Crippen molar-refractivity contribution in [3.63, 3.8) is 0 Å². The van der Waals surface area contributed by atoms with Crippen LogP contribution in [0.5, 0.6) is 0 Å². The number of aliphatic carboxylic acids is 2. The van der Waals surface area contributed by atoms with Gasteiger partial charge in [0.1, 0.15) is 12.1 Å². The average Bonchev–Trinajstić information content (AvgIpc) is 2.78. The van der Waals surface area contributed by atoms with Gasteiger partial charge in [0.05, 0.1) is 0 Å². The maximum absolute atomic E-state index is 12.2. The third-order valence-corrected chi connectivity index (χ3v) is 4.38. The Labute approximate surface area is 194 Å². The zero-order chi connectivity index (χ0) is 25.3. The smallest absolute Gasteiger partial charge is 0.349 e. The van der Waals surface area contributed by atoms with Gasteiger partial charge in [0.25, 0.3) is 0 Å². The Morgan fingerprint density at radius 2 is 1.09 bits per heavy atom. The van der Waals surface area contributed by atoms with E-state index in [1.165, 1.54) is 0 Å². The number of amides is 2. The molecule has 1 rings (SSSR count). The summed E-state index contributed by atoms with van der Waals surface area (Å²) in [5.74, 6) is -4.82. The number of unbranched alkanes of at least 4 members (excludes halogenated alkanes) is 2. The van der Waals surface area contributed by atoms with Gasteiger partial charge < -0.3 is 30.5 Å². The summed E-state index contributed by atoms with van der Waals surface area (Å²) in [7, 11) is 0. The van der Waals surface area contributed by atoms with Crippen molar-refractivity contribution in [2.45, 2.75) is 50.6 Å². The third kappa shape index (κ3) is 12.9. The Hall–Kier alpha value is -3.78. The fourth-order valence-corrected chi connectivity index (χ4v) is 2.76. The molecule has 0 aliphatic carbocycles. The number of nitrogens with one attached hydrogen (secondary N) is 4. The summed E-state index contributed by atoms with van der Waals surface area (Å²) in [5.41, 5.74) is 4.77. The predicted octanol–water partition coefficient (Wildman–Crippen LogP) is -1.31. The van der Waals surface area contributed by atoms with Crippen molar-refractivity contribution in [3.05, 3.63) is 24.3 Å². The number of piperazine rings is 1. The Balaban J connectivity index is 2.14. The molecule has 0 saturated carbocycles. The van der Waals surface area contributed by atoms with Crippen molar-refractivity contribution in [1.82, 2.24) is 21.6 Å². The molecule has 1 heterocycles. The Bertz CT molecular complexity index is 745. The molecule has 0 spiro atoms. The molecule has 1 aliphatic heterocycles. The maximum atomic E-state index is 12.2. The monoisotopic (exact) mass is 484 g/mol. The zero-order valence-corrected chi connectivity index (χ0v) is 18.3. The van der Waals surface area contributed by atoms with Crippen molar-refractivity contribution in [2.75, 3.05) is 13.1 Å². The second kappa shape index (κ2) is 15.9. The lowest BCUT2D eigenvalue weighted by Gasteiger charge is -2.29. The molecule has 14 heteroatoms. The Morgan fingerprint density at radius 3 is 1.44 bits per heavy atom. The molecule has 1 aliphatic rings. The van der Waals surface area contributed by atoms with E-state index in [1.807, 2.05) is 0 Å². The van der Waals surface area contributed by atoms with E-state index in [0.29, 0.717) is 50.7 Å². The number of carboxylic acid groups (broad SMARTS) is 2. The minimum absolute atomic E-state index is 0.288. The number of hydrogen-bond donors (Lipinski definition) is 6. The molecule has 6 N–H and O–H groups in total. The van der Waals surface area contributed by atoms with Gasteiger partial charge in [0.15, 0.2) is 0 Å². The first-order valence-electron chi connectivity index (χ1n) is 10.5. The molecule has 2 unspecified atom stereocenters. The summed E-state index contributed by atoms with van der Waals surface area (Å²) in [6.45, 7) is 0.577. The van der Waals surface area contributed by atoms with E-state index in [9.17, 15) is 28.8 Å². The van der Waals surface area contributed by atoms with Gasteiger partial charge in [-0.2, -0.15) is 11.0 Å². The predicted molar refractivity (Wildman–Crippen MR) is 113 cm³/mol. The summed E-state index contributed by atoms with van der Waals surface area (Å²) in [5, 5.41) is 22.1. The van der Waals surface area contributed by atoms with Crippen LogP contribution in [0.1, 0.15) is 38.5 Å². The van der Waals surface area contributed by atoms with Crippen LogP contribution in [0.15, 0.2) is 24.3 Å². The van der Waals surface area contributed by atoms with E-state index in [1.54, 1.807) is 0 Å². The zero-order valence-electron chi connectivity index (χ0n) is 18.3. The largest absolute Gasteiger partial charge is 0.478 e. The molecule has 1 fully saturated rings. The van der Waals surface area contributed by atoms with Gasteiger partial charge in [-0.05, 0) is 38.5 Å². The van der Waals surface area contributed by atoms with Gasteiger partial charge in [0.2, 0.25) is 11.8 Å². The number of carboxylic acids is 2. The molecule has 0 radical (unpaired) electrons. The minimum atomic E-state index is -1.27. The first-order valence-corrected chi connectivity index (χ1v) is 10.5. The van der Waals surface area contributed by atoms with E-state index in [2.05, 4.69) is 31.3 Å². The minimum Gasteiger partial charge on any atom is -0.478 e. The highest BCUT2D eigenvalue weighted by atomic mass is 16.7. The molecule has 0 aromatic carbocycles. The molecular weight excluding hydrogens is 456 g/mol. The van der Waals surface area contributed by atoms with E-state index < -0.39 is 36.0 Å². The molecule has 0 aromatic heterocycles. The van der Waals surface area contributed by atoms with Crippen LogP contribution in [0.4, 0.5) is 0 Å². The quantitative estimate of drug-likeness (QED) is 0.0856. The lowest BCUT2D eigenvalue weighted by molar-refractivity contribution is -0.146. The van der Waals surface area contributed by atoms with Gasteiger partial charge in [-0.1, -0.05) is 0 Å². The average molecular weight is 484 g/mol. The summed E-state index contributed by atoms with van der Waals surface area (Å²) in [6, 6.07) is -1.32. The molecule has 0 aromatic rings. The summed E-state index contributed by atoms with van der Waals surface area (Å²) in [6.07, 6.45) is 5.83. The van der Waals surface area contributed by atoms with Crippen LogP contribution in [0.2, 0.25) is 0 Å². The van der Waals surface area contributed by atoms with Crippen LogP contribution < -0.4 is 21.6 Å². The van der Waals surface area contributed by atoms with Gasteiger partial charge in [0, 0.05) is 37.4 Å². The van der Waals surface area contributed by atoms with Crippen LogP contribution in [-0.2, 0) is 38.4 Å². The molecule has 2 atom stereocenters. The molecular formula is C20H28N4O10. The first kappa shape index (κ1) is 28.3. The van der Waals surface area contributed by atoms with Gasteiger partial charge in [-0.15, -0.1) is 0 Å². The summed E-state index contributed by atoms with van der Waals surface area (Å²) in [4.78, 5) is 76.5. The molecule has 1 saturated heterocycles. The topological polar surface area (TPSA) is 209 Å². The second-order valence-corrected chi connectivity index (χ2v) is 7.09. The lowest BCUT2D eigenvalue weighted by atomic mass is 10.0. The van der Waals surface area contributed by atoms with Crippen molar-refractivity contribution >= 4 is 35.7 Å². The molecule has 188 valence electrons. The van der Waals surface area contributed by atoms with Crippen LogP contribution in [0.3, 0.4) is 0 Å². The van der Waals surface area contributed by atoms with Crippen LogP contribution in [0.25, 0.3) is 0 Å². The normalized spacial score (nSPS) is 17.9. The van der Waals surface area contributed by atoms with Crippen LogP contribution in [0, 0.1) is 0 Å². The number of carbonyl (C=O) groups excluding carboxylic acids is 4. The highest BCUT2D eigenvalue weighted by molar-refractivity contribution is 5.96. The van der Waals surface area contributed by atoms with Gasteiger partial charge in [-0.25, -0.2) is 19.2 Å². The van der Waals surface area contributed by atoms with E-state index in [-0.39, 0.29) is 24.9 Å². The van der Waals surface area contributed by atoms with E-state index in [0.717, 1.165) is 12.2 Å². The first-order chi connectivity index (χ1) is 16.2. The number of carbonyl (C=O) groups is 6. The van der Waals surface area contributed by atoms with Crippen molar-refractivity contribution < 1.29 is 48.7 Å². The van der Waals surface area contributed by atoms with E-state index >= 15 is 0 Å². The Morgan fingerprint density at radius 1 is 0.706 bits per heavy atom. The molecule has 34 heavy (non-hydrogen) atoms. The molecule has 14 nitrogen and oxygen atoms in total. The lowest BCUT2D eigenvalue weighted by Crippen LogP contribution is -2.61. The fourth-order valence-electron chi connectivity index (χ4n) is 2.76. The number of hydrogen-bond acceptors (Lipinski definition) is 10. The molecule has 2 amide bonds. The van der Waals surface area contributed by atoms with Crippen LogP contribution >= 0.6 is 0 Å². The highest BCUT2D eigenvalue weighted by Gasteiger charge is 2.32. The third-order valence-electron chi connectivity index (χ3n) is 4.38. The fraction of sp³-hybridized carbons (Fsp3) is 0.500. The Kier molecular flexibility index (Phi) is 13.2. The van der Waals surface area contributed by atoms with Crippen molar-refractivity contribution in [3.8, 4) is 0 Å². The maximum Gasteiger partial charge on any atom is 0.349 e.